The quantitative estimate of drug-likeness (QED) is 0.620. The van der Waals surface area contributed by atoms with Gasteiger partial charge in [0.15, 0.2) is 6.61 Å². The number of ether oxygens (including phenoxy) is 1. The third-order valence-corrected chi connectivity index (χ3v) is 3.77. The summed E-state index contributed by atoms with van der Waals surface area (Å²) in [5.41, 5.74) is 1.05. The third-order valence-electron chi connectivity index (χ3n) is 3.53. The van der Waals surface area contributed by atoms with E-state index in [9.17, 15) is 9.59 Å². The summed E-state index contributed by atoms with van der Waals surface area (Å²) in [7, 11) is 0. The maximum atomic E-state index is 11.6. The second-order valence-electron chi connectivity index (χ2n) is 5.36. The number of halogens is 1. The minimum Gasteiger partial charge on any atom is -0.456 e. The van der Waals surface area contributed by atoms with E-state index >= 15 is 0 Å². The van der Waals surface area contributed by atoms with Gasteiger partial charge in [0.25, 0.3) is 5.91 Å². The molecule has 118 valence electrons. The van der Waals surface area contributed by atoms with Crippen LogP contribution in [0.4, 0.5) is 0 Å². The standard InChI is InChI=1S/C17H20ClNO3/c18-15-7-3-6-14(10-15)8-9-19-16(20)12-22-17(21)11-13-4-1-2-5-13/h1,3-4,6-7,10,13H,2,5,8-9,11-12H2,(H,19,20)/t13-/m0/s1. The van der Waals surface area contributed by atoms with Crippen molar-refractivity contribution in [3.05, 3.63) is 47.0 Å². The van der Waals surface area contributed by atoms with Crippen molar-refractivity contribution in [3.8, 4) is 0 Å². The topological polar surface area (TPSA) is 55.4 Å². The average Bonchev–Trinajstić information content (AvgIpc) is 2.98. The van der Waals surface area contributed by atoms with Crippen LogP contribution >= 0.6 is 11.6 Å². The van der Waals surface area contributed by atoms with Crippen molar-refractivity contribution >= 4 is 23.5 Å². The number of benzene rings is 1. The van der Waals surface area contributed by atoms with Gasteiger partial charge in [-0.25, -0.2) is 0 Å². The zero-order valence-electron chi connectivity index (χ0n) is 12.4. The number of carbonyl (C=O) groups is 2. The largest absolute Gasteiger partial charge is 0.456 e. The van der Waals surface area contributed by atoms with Crippen LogP contribution in [0.2, 0.25) is 5.02 Å². The van der Waals surface area contributed by atoms with Crippen LogP contribution in [0.1, 0.15) is 24.8 Å². The van der Waals surface area contributed by atoms with Crippen LogP contribution < -0.4 is 5.32 Å². The van der Waals surface area contributed by atoms with Crippen molar-refractivity contribution < 1.29 is 14.3 Å². The van der Waals surface area contributed by atoms with Crippen LogP contribution in [0.3, 0.4) is 0 Å². The molecule has 0 aromatic heterocycles. The minimum atomic E-state index is -0.318. The van der Waals surface area contributed by atoms with Crippen molar-refractivity contribution in [2.24, 2.45) is 5.92 Å². The molecule has 1 aromatic rings. The molecule has 0 fully saturated rings. The first kappa shape index (κ1) is 16.6. The zero-order chi connectivity index (χ0) is 15.8. The molecule has 1 N–H and O–H groups in total. The van der Waals surface area contributed by atoms with Crippen molar-refractivity contribution in [1.82, 2.24) is 5.32 Å². The molecule has 5 heteroatoms. The Bertz CT molecular complexity index is 557. The summed E-state index contributed by atoms with van der Waals surface area (Å²) in [5, 5.41) is 3.41. The van der Waals surface area contributed by atoms with E-state index in [2.05, 4.69) is 11.4 Å². The Morgan fingerprint density at radius 3 is 2.95 bits per heavy atom. The number of rotatable bonds is 7. The fraction of sp³-hybridized carbons (Fsp3) is 0.412. The first-order chi connectivity index (χ1) is 10.6. The van der Waals surface area contributed by atoms with Crippen LogP contribution in [0.15, 0.2) is 36.4 Å². The van der Waals surface area contributed by atoms with Gasteiger partial charge in [-0.15, -0.1) is 0 Å². The molecule has 0 unspecified atom stereocenters. The summed E-state index contributed by atoms with van der Waals surface area (Å²) in [5.74, 6) is -0.336. The number of carbonyl (C=O) groups excluding carboxylic acids is 2. The Hall–Kier alpha value is -1.81. The molecule has 1 aliphatic carbocycles. The fourth-order valence-corrected chi connectivity index (χ4v) is 2.59. The van der Waals surface area contributed by atoms with E-state index in [1.807, 2.05) is 30.3 Å². The normalized spacial score (nSPS) is 16.5. The van der Waals surface area contributed by atoms with Gasteiger partial charge in [-0.2, -0.15) is 0 Å². The third kappa shape index (κ3) is 5.90. The van der Waals surface area contributed by atoms with Gasteiger partial charge in [0.05, 0.1) is 6.42 Å². The van der Waals surface area contributed by atoms with Gasteiger partial charge in [-0.3, -0.25) is 9.59 Å². The molecule has 0 radical (unpaired) electrons. The lowest BCUT2D eigenvalue weighted by molar-refractivity contribution is -0.149. The Balaban J connectivity index is 1.59. The van der Waals surface area contributed by atoms with E-state index in [-0.39, 0.29) is 24.4 Å². The number of hydrogen-bond donors (Lipinski definition) is 1. The molecule has 0 spiro atoms. The van der Waals surface area contributed by atoms with Crippen LogP contribution in [-0.2, 0) is 20.7 Å². The van der Waals surface area contributed by atoms with Crippen molar-refractivity contribution in [2.45, 2.75) is 25.7 Å². The van der Waals surface area contributed by atoms with Gasteiger partial charge in [0.2, 0.25) is 0 Å². The van der Waals surface area contributed by atoms with Crippen LogP contribution in [0, 0.1) is 5.92 Å². The number of hydrogen-bond acceptors (Lipinski definition) is 3. The Labute approximate surface area is 135 Å². The monoisotopic (exact) mass is 321 g/mol. The summed E-state index contributed by atoms with van der Waals surface area (Å²) in [6, 6.07) is 7.50. The maximum absolute atomic E-state index is 11.6. The molecule has 22 heavy (non-hydrogen) atoms. The van der Waals surface area contributed by atoms with Gasteiger partial charge in [-0.1, -0.05) is 35.9 Å². The highest BCUT2D eigenvalue weighted by atomic mass is 35.5. The highest BCUT2D eigenvalue weighted by Gasteiger charge is 2.15. The van der Waals surface area contributed by atoms with E-state index in [0.717, 1.165) is 18.4 Å². The number of nitrogens with one attached hydrogen (secondary N) is 1. The first-order valence-electron chi connectivity index (χ1n) is 7.47. The second-order valence-corrected chi connectivity index (χ2v) is 5.80. The molecule has 4 nitrogen and oxygen atoms in total. The Morgan fingerprint density at radius 1 is 1.36 bits per heavy atom. The highest BCUT2D eigenvalue weighted by Crippen LogP contribution is 2.20. The summed E-state index contributed by atoms with van der Waals surface area (Å²) >= 11 is 5.89. The van der Waals surface area contributed by atoms with E-state index in [4.69, 9.17) is 16.3 Å². The molecule has 1 atom stereocenters. The summed E-state index contributed by atoms with van der Waals surface area (Å²) in [6.45, 7) is 0.271. The molecule has 1 aromatic carbocycles. The molecule has 2 rings (SSSR count). The Morgan fingerprint density at radius 2 is 2.23 bits per heavy atom. The lowest BCUT2D eigenvalue weighted by Gasteiger charge is -2.09. The van der Waals surface area contributed by atoms with E-state index in [1.54, 1.807) is 0 Å². The van der Waals surface area contributed by atoms with Crippen LogP contribution in [0.5, 0.6) is 0 Å². The van der Waals surface area contributed by atoms with Crippen LogP contribution in [-0.4, -0.2) is 25.0 Å². The molecular formula is C17H20ClNO3. The average molecular weight is 322 g/mol. The van der Waals surface area contributed by atoms with E-state index in [0.29, 0.717) is 24.4 Å². The molecule has 0 heterocycles. The molecule has 1 amide bonds. The maximum Gasteiger partial charge on any atom is 0.306 e. The van der Waals surface area contributed by atoms with E-state index in [1.165, 1.54) is 0 Å². The number of allylic oxidation sites excluding steroid dienone is 2. The van der Waals surface area contributed by atoms with Gasteiger partial charge in [-0.05, 0) is 42.9 Å². The first-order valence-corrected chi connectivity index (χ1v) is 7.84. The summed E-state index contributed by atoms with van der Waals surface area (Å²) < 4.78 is 4.98. The molecule has 1 aliphatic rings. The fourth-order valence-electron chi connectivity index (χ4n) is 2.37. The van der Waals surface area contributed by atoms with Gasteiger partial charge < -0.3 is 10.1 Å². The second kappa shape index (κ2) is 8.59. The van der Waals surface area contributed by atoms with Crippen molar-refractivity contribution in [1.29, 1.82) is 0 Å². The molecule has 0 bridgehead atoms. The summed E-state index contributed by atoms with van der Waals surface area (Å²) in [4.78, 5) is 23.2. The summed E-state index contributed by atoms with van der Waals surface area (Å²) in [6.07, 6.45) is 7.15. The highest BCUT2D eigenvalue weighted by molar-refractivity contribution is 6.30. The van der Waals surface area contributed by atoms with E-state index < -0.39 is 0 Å². The lowest BCUT2D eigenvalue weighted by atomic mass is 10.1. The number of esters is 1. The van der Waals surface area contributed by atoms with Crippen molar-refractivity contribution in [2.75, 3.05) is 13.2 Å². The smallest absolute Gasteiger partial charge is 0.306 e. The van der Waals surface area contributed by atoms with Gasteiger partial charge in [0.1, 0.15) is 0 Å². The zero-order valence-corrected chi connectivity index (χ0v) is 13.1. The molecule has 0 aliphatic heterocycles. The lowest BCUT2D eigenvalue weighted by Crippen LogP contribution is -2.30. The number of amides is 1. The molecular weight excluding hydrogens is 302 g/mol. The van der Waals surface area contributed by atoms with Crippen LogP contribution in [0.25, 0.3) is 0 Å². The SMILES string of the molecule is O=C(COC(=O)C[C@H]1C=CCC1)NCCc1cccc(Cl)c1. The predicted molar refractivity (Wildman–Crippen MR) is 85.6 cm³/mol. The minimum absolute atomic E-state index is 0.217. The van der Waals surface area contributed by atoms with Crippen molar-refractivity contribution in [3.63, 3.8) is 0 Å². The van der Waals surface area contributed by atoms with Gasteiger partial charge >= 0.3 is 5.97 Å². The van der Waals surface area contributed by atoms with Gasteiger partial charge in [0, 0.05) is 11.6 Å². The molecule has 0 saturated carbocycles. The Kier molecular flexibility index (Phi) is 6.46. The predicted octanol–water partition coefficient (Wildman–Crippen LogP) is 2.90. The molecule has 0 saturated heterocycles.